The summed E-state index contributed by atoms with van der Waals surface area (Å²) >= 11 is 0. The fourth-order valence-corrected chi connectivity index (χ4v) is 2.53. The number of fused-ring (bicyclic) bond motifs is 1. The smallest absolute Gasteiger partial charge is 0.312 e. The molecule has 0 spiro atoms. The zero-order valence-corrected chi connectivity index (χ0v) is 10.8. The Morgan fingerprint density at radius 2 is 2.00 bits per heavy atom. The molecule has 1 saturated heterocycles. The molecule has 7 nitrogen and oxygen atoms in total. The van der Waals surface area contributed by atoms with Crippen molar-refractivity contribution in [1.29, 1.82) is 0 Å². The quantitative estimate of drug-likeness (QED) is 0.666. The van der Waals surface area contributed by atoms with Gasteiger partial charge in [0.2, 0.25) is 11.4 Å². The van der Waals surface area contributed by atoms with Crippen LogP contribution in [0.4, 0.5) is 11.5 Å². The molecule has 3 heterocycles. The number of anilines is 1. The number of hydrogen-bond donors (Lipinski definition) is 1. The van der Waals surface area contributed by atoms with Crippen molar-refractivity contribution in [3.63, 3.8) is 0 Å². The third-order valence-electron chi connectivity index (χ3n) is 3.52. The molecule has 1 fully saturated rings. The molecule has 2 aromatic rings. The molecule has 7 heteroatoms. The number of nitrogens with one attached hydrogen (secondary N) is 1. The van der Waals surface area contributed by atoms with E-state index in [2.05, 4.69) is 9.97 Å². The van der Waals surface area contributed by atoms with E-state index >= 15 is 0 Å². The molecule has 0 amide bonds. The Bertz CT molecular complexity index is 719. The summed E-state index contributed by atoms with van der Waals surface area (Å²) in [6.45, 7) is 1.52. The predicted molar refractivity (Wildman–Crippen MR) is 75.1 cm³/mol. The Labute approximate surface area is 114 Å². The van der Waals surface area contributed by atoms with E-state index in [1.807, 2.05) is 4.90 Å². The molecule has 0 radical (unpaired) electrons. The number of rotatable bonds is 2. The van der Waals surface area contributed by atoms with Gasteiger partial charge in [-0.1, -0.05) is 0 Å². The largest absolute Gasteiger partial charge is 0.351 e. The van der Waals surface area contributed by atoms with Gasteiger partial charge < -0.3 is 9.88 Å². The van der Waals surface area contributed by atoms with E-state index in [-0.39, 0.29) is 11.2 Å². The molecule has 0 atom stereocenters. The maximum Gasteiger partial charge on any atom is 0.312 e. The van der Waals surface area contributed by atoms with Crippen molar-refractivity contribution in [3.8, 4) is 0 Å². The Morgan fingerprint density at radius 1 is 1.25 bits per heavy atom. The summed E-state index contributed by atoms with van der Waals surface area (Å²) in [7, 11) is 0. The lowest BCUT2D eigenvalue weighted by atomic mass is 10.1. The second-order valence-electron chi connectivity index (χ2n) is 4.90. The highest BCUT2D eigenvalue weighted by Gasteiger charge is 2.23. The van der Waals surface area contributed by atoms with Gasteiger partial charge in [0.25, 0.3) is 0 Å². The van der Waals surface area contributed by atoms with Gasteiger partial charge in [-0.25, -0.2) is 4.98 Å². The van der Waals surface area contributed by atoms with E-state index in [4.69, 9.17) is 0 Å². The number of H-pyrrole nitrogens is 1. The standard InChI is InChI=1S/C13H14N4O3/c18-11-5-4-9-8-10(17(19)20)13(15-12(9)14-11)16-6-2-1-3-7-16/h4-5,8H,1-3,6-7H2,(H,14,15,18). The molecule has 0 saturated carbocycles. The van der Waals surface area contributed by atoms with Gasteiger partial charge in [-0.05, 0) is 25.3 Å². The van der Waals surface area contributed by atoms with Gasteiger partial charge in [-0.15, -0.1) is 0 Å². The summed E-state index contributed by atoms with van der Waals surface area (Å²) in [6.07, 6.45) is 3.14. The first-order chi connectivity index (χ1) is 9.65. The maximum absolute atomic E-state index is 11.3. The SMILES string of the molecule is O=c1ccc2cc([N+](=O)[O-])c(N3CCCCC3)nc2[nH]1. The summed E-state index contributed by atoms with van der Waals surface area (Å²) in [4.78, 5) is 31.0. The van der Waals surface area contributed by atoms with Crippen molar-refractivity contribution in [3.05, 3.63) is 38.7 Å². The first-order valence-corrected chi connectivity index (χ1v) is 6.58. The number of nitro groups is 1. The van der Waals surface area contributed by atoms with E-state index in [0.29, 0.717) is 16.9 Å². The van der Waals surface area contributed by atoms with Gasteiger partial charge >= 0.3 is 5.69 Å². The van der Waals surface area contributed by atoms with Crippen LogP contribution in [0.3, 0.4) is 0 Å². The number of nitrogens with zero attached hydrogens (tertiary/aromatic N) is 3. The first-order valence-electron chi connectivity index (χ1n) is 6.58. The van der Waals surface area contributed by atoms with E-state index in [1.165, 1.54) is 12.1 Å². The highest BCUT2D eigenvalue weighted by atomic mass is 16.6. The summed E-state index contributed by atoms with van der Waals surface area (Å²) in [5, 5.41) is 11.8. The van der Waals surface area contributed by atoms with Crippen LogP contribution in [0.1, 0.15) is 19.3 Å². The highest BCUT2D eigenvalue weighted by molar-refractivity contribution is 5.81. The molecule has 20 heavy (non-hydrogen) atoms. The predicted octanol–water partition coefficient (Wildman–Crippen LogP) is 1.82. The molecule has 1 aliphatic rings. The summed E-state index contributed by atoms with van der Waals surface area (Å²) in [5.41, 5.74) is 0.124. The number of aromatic amines is 1. The topological polar surface area (TPSA) is 92.1 Å². The fraction of sp³-hybridized carbons (Fsp3) is 0.385. The Kier molecular flexibility index (Phi) is 3.09. The van der Waals surface area contributed by atoms with E-state index < -0.39 is 4.92 Å². The minimum absolute atomic E-state index is 0.00792. The van der Waals surface area contributed by atoms with Crippen LogP contribution in [0.15, 0.2) is 23.0 Å². The van der Waals surface area contributed by atoms with Crippen LogP contribution < -0.4 is 10.5 Å². The summed E-state index contributed by atoms with van der Waals surface area (Å²) < 4.78 is 0. The lowest BCUT2D eigenvalue weighted by Gasteiger charge is -2.27. The normalized spacial score (nSPS) is 15.5. The van der Waals surface area contributed by atoms with E-state index in [0.717, 1.165) is 32.4 Å². The maximum atomic E-state index is 11.3. The fourth-order valence-electron chi connectivity index (χ4n) is 2.53. The average molecular weight is 274 g/mol. The highest BCUT2D eigenvalue weighted by Crippen LogP contribution is 2.30. The zero-order valence-electron chi connectivity index (χ0n) is 10.8. The van der Waals surface area contributed by atoms with Gasteiger partial charge in [-0.3, -0.25) is 14.9 Å². The molecule has 1 N–H and O–H groups in total. The average Bonchev–Trinajstić information content (AvgIpc) is 2.46. The Morgan fingerprint density at radius 3 is 2.70 bits per heavy atom. The second-order valence-corrected chi connectivity index (χ2v) is 4.90. The van der Waals surface area contributed by atoms with E-state index in [9.17, 15) is 14.9 Å². The van der Waals surface area contributed by atoms with Gasteiger partial charge in [0, 0.05) is 30.6 Å². The lowest BCUT2D eigenvalue weighted by molar-refractivity contribution is -0.384. The van der Waals surface area contributed by atoms with Crippen molar-refractivity contribution in [2.45, 2.75) is 19.3 Å². The number of pyridine rings is 2. The minimum Gasteiger partial charge on any atom is -0.351 e. The van der Waals surface area contributed by atoms with Crippen molar-refractivity contribution < 1.29 is 4.92 Å². The molecular formula is C13H14N4O3. The van der Waals surface area contributed by atoms with Crippen LogP contribution in [-0.2, 0) is 0 Å². The molecule has 0 bridgehead atoms. The molecule has 0 aromatic carbocycles. The Balaban J connectivity index is 2.18. The van der Waals surface area contributed by atoms with Crippen LogP contribution in [-0.4, -0.2) is 28.0 Å². The van der Waals surface area contributed by atoms with Crippen molar-refractivity contribution in [2.24, 2.45) is 0 Å². The van der Waals surface area contributed by atoms with Gasteiger partial charge in [0.15, 0.2) is 0 Å². The zero-order chi connectivity index (χ0) is 14.1. The van der Waals surface area contributed by atoms with E-state index in [1.54, 1.807) is 6.07 Å². The molecule has 104 valence electrons. The van der Waals surface area contributed by atoms with Crippen LogP contribution >= 0.6 is 0 Å². The van der Waals surface area contributed by atoms with Crippen LogP contribution in [0, 0.1) is 10.1 Å². The third kappa shape index (κ3) is 2.22. The number of hydrogen-bond acceptors (Lipinski definition) is 5. The third-order valence-corrected chi connectivity index (χ3v) is 3.52. The number of piperidine rings is 1. The number of aromatic nitrogens is 2. The van der Waals surface area contributed by atoms with Crippen molar-refractivity contribution in [2.75, 3.05) is 18.0 Å². The van der Waals surface area contributed by atoms with Crippen LogP contribution in [0.2, 0.25) is 0 Å². The van der Waals surface area contributed by atoms with Crippen LogP contribution in [0.5, 0.6) is 0 Å². The van der Waals surface area contributed by atoms with Crippen molar-refractivity contribution >= 4 is 22.5 Å². The lowest BCUT2D eigenvalue weighted by Crippen LogP contribution is -2.30. The molecular weight excluding hydrogens is 260 g/mol. The molecule has 0 aliphatic carbocycles. The van der Waals surface area contributed by atoms with Gasteiger partial charge in [-0.2, -0.15) is 0 Å². The molecule has 2 aromatic heterocycles. The van der Waals surface area contributed by atoms with Gasteiger partial charge in [0.1, 0.15) is 5.65 Å². The molecule has 3 rings (SSSR count). The summed E-state index contributed by atoms with van der Waals surface area (Å²) in [5.74, 6) is 0.351. The minimum atomic E-state index is -0.415. The van der Waals surface area contributed by atoms with Crippen LogP contribution in [0.25, 0.3) is 11.0 Å². The first kappa shape index (κ1) is 12.6. The molecule has 1 aliphatic heterocycles. The summed E-state index contributed by atoms with van der Waals surface area (Å²) in [6, 6.07) is 4.37. The second kappa shape index (κ2) is 4.92. The Hall–Kier alpha value is -2.44. The van der Waals surface area contributed by atoms with Crippen molar-refractivity contribution in [1.82, 2.24) is 9.97 Å². The molecule has 0 unspecified atom stereocenters. The van der Waals surface area contributed by atoms with Gasteiger partial charge in [0.05, 0.1) is 4.92 Å². The monoisotopic (exact) mass is 274 g/mol.